The van der Waals surface area contributed by atoms with Crippen molar-refractivity contribution >= 4 is 23.7 Å². The number of piperidine rings is 1. The predicted octanol–water partition coefficient (Wildman–Crippen LogP) is 5.46. The van der Waals surface area contributed by atoms with Gasteiger partial charge in [0.25, 0.3) is 0 Å². The van der Waals surface area contributed by atoms with E-state index in [0.717, 1.165) is 55.8 Å². The molecule has 3 heterocycles. The van der Waals surface area contributed by atoms with Crippen LogP contribution in [0.1, 0.15) is 38.2 Å². The zero-order valence-electron chi connectivity index (χ0n) is 23.1. The van der Waals surface area contributed by atoms with Crippen LogP contribution in [-0.4, -0.2) is 72.4 Å². The minimum Gasteiger partial charge on any atom is -0.372 e. The van der Waals surface area contributed by atoms with Crippen molar-refractivity contribution < 1.29 is 9.59 Å². The minimum atomic E-state index is -0.786. The maximum atomic E-state index is 13.7. The van der Waals surface area contributed by atoms with Gasteiger partial charge in [0, 0.05) is 70.1 Å². The lowest BCUT2D eigenvalue weighted by atomic mass is 9.87. The van der Waals surface area contributed by atoms with Crippen molar-refractivity contribution in [1.29, 1.82) is 0 Å². The van der Waals surface area contributed by atoms with Crippen LogP contribution in [0.15, 0.2) is 73.1 Å². The van der Waals surface area contributed by atoms with Crippen molar-refractivity contribution in [1.82, 2.24) is 14.8 Å². The number of hydrogen-bond donors (Lipinski definition) is 0. The van der Waals surface area contributed by atoms with E-state index in [1.807, 2.05) is 49.5 Å². The normalized spacial score (nSPS) is 17.1. The average molecular weight is 526 g/mol. The molecule has 2 amide bonds. The molecule has 2 aliphatic rings. The van der Waals surface area contributed by atoms with Crippen LogP contribution in [-0.2, 0) is 11.3 Å². The van der Waals surface area contributed by atoms with Crippen LogP contribution in [0.4, 0.5) is 16.2 Å². The summed E-state index contributed by atoms with van der Waals surface area (Å²) in [4.78, 5) is 38.6. The van der Waals surface area contributed by atoms with Crippen LogP contribution in [0.2, 0.25) is 0 Å². The molecule has 7 nitrogen and oxygen atoms in total. The molecule has 0 bridgehead atoms. The van der Waals surface area contributed by atoms with Gasteiger partial charge in [-0.2, -0.15) is 0 Å². The van der Waals surface area contributed by atoms with Gasteiger partial charge >= 0.3 is 6.03 Å². The highest BCUT2D eigenvalue weighted by Crippen LogP contribution is 2.31. The molecular weight excluding hydrogens is 486 g/mol. The number of urea groups is 1. The van der Waals surface area contributed by atoms with Gasteiger partial charge in [-0.3, -0.25) is 14.8 Å². The number of rotatable bonds is 8. The van der Waals surface area contributed by atoms with Crippen molar-refractivity contribution in [2.45, 2.75) is 44.7 Å². The van der Waals surface area contributed by atoms with E-state index in [9.17, 15) is 9.59 Å². The number of likely N-dealkylation sites (tertiary alicyclic amines) is 1. The standard InChI is InChI=1S/C32H39N5O2/c1-3-37(31(39)34(2)29-14-10-27(11-15-29)28-7-6-18-33-23-28)32(25-38)16-21-35(22-17-32)24-26-8-12-30(13-9-26)36-19-4-5-20-36/h6-15,18,23,25H,3-5,16-17,19-22,24H2,1-2H3. The highest BCUT2D eigenvalue weighted by Gasteiger charge is 2.42. The Morgan fingerprint density at radius 2 is 1.64 bits per heavy atom. The van der Waals surface area contributed by atoms with E-state index in [4.69, 9.17) is 0 Å². The minimum absolute atomic E-state index is 0.148. The maximum Gasteiger partial charge on any atom is 0.325 e. The van der Waals surface area contributed by atoms with Crippen LogP contribution >= 0.6 is 0 Å². The molecule has 0 unspecified atom stereocenters. The maximum absolute atomic E-state index is 13.7. The largest absolute Gasteiger partial charge is 0.372 e. The number of aldehydes is 1. The second-order valence-corrected chi connectivity index (χ2v) is 10.7. The molecule has 204 valence electrons. The van der Waals surface area contributed by atoms with Crippen LogP contribution < -0.4 is 9.80 Å². The monoisotopic (exact) mass is 525 g/mol. The summed E-state index contributed by atoms with van der Waals surface area (Å²) in [7, 11) is 1.78. The average Bonchev–Trinajstić information content (AvgIpc) is 3.54. The summed E-state index contributed by atoms with van der Waals surface area (Å²) in [6.07, 6.45) is 8.41. The number of carbonyl (C=O) groups is 2. The Balaban J connectivity index is 1.21. The van der Waals surface area contributed by atoms with Crippen molar-refractivity contribution in [3.63, 3.8) is 0 Å². The molecule has 5 rings (SSSR count). The Bertz CT molecular complexity index is 1230. The summed E-state index contributed by atoms with van der Waals surface area (Å²) < 4.78 is 0. The van der Waals surface area contributed by atoms with Crippen LogP contribution in [0.25, 0.3) is 11.1 Å². The van der Waals surface area contributed by atoms with Gasteiger partial charge in [0.05, 0.1) is 0 Å². The van der Waals surface area contributed by atoms with Gasteiger partial charge in [0.1, 0.15) is 11.8 Å². The molecule has 0 saturated carbocycles. The molecular formula is C32H39N5O2. The molecule has 0 atom stereocenters. The summed E-state index contributed by atoms with van der Waals surface area (Å²) in [5.41, 5.74) is 4.68. The Kier molecular flexibility index (Phi) is 8.27. The van der Waals surface area contributed by atoms with Gasteiger partial charge in [-0.15, -0.1) is 0 Å². The van der Waals surface area contributed by atoms with Gasteiger partial charge in [-0.25, -0.2) is 4.79 Å². The zero-order valence-corrected chi connectivity index (χ0v) is 23.1. The molecule has 2 saturated heterocycles. The first-order valence-electron chi connectivity index (χ1n) is 14.1. The smallest absolute Gasteiger partial charge is 0.325 e. The highest BCUT2D eigenvalue weighted by atomic mass is 16.2. The fourth-order valence-corrected chi connectivity index (χ4v) is 5.94. The number of likely N-dealkylation sites (N-methyl/N-ethyl adjacent to an activating group) is 1. The Morgan fingerprint density at radius 1 is 0.949 bits per heavy atom. The summed E-state index contributed by atoms with van der Waals surface area (Å²) in [6.45, 7) is 7.15. The molecule has 2 fully saturated rings. The quantitative estimate of drug-likeness (QED) is 0.366. The third kappa shape index (κ3) is 5.83. The predicted molar refractivity (Wildman–Crippen MR) is 157 cm³/mol. The number of amides is 2. The highest BCUT2D eigenvalue weighted by molar-refractivity contribution is 5.94. The molecule has 3 aromatic rings. The first-order valence-corrected chi connectivity index (χ1v) is 14.1. The van der Waals surface area contributed by atoms with Crippen LogP contribution in [0.5, 0.6) is 0 Å². The SMILES string of the molecule is CCN(C(=O)N(C)c1ccc(-c2cccnc2)cc1)C1(C=O)CCN(Cc2ccc(N3CCCC3)cc2)CC1. The Morgan fingerprint density at radius 3 is 2.23 bits per heavy atom. The fraction of sp³-hybridized carbons (Fsp3) is 0.406. The number of pyridine rings is 1. The van der Waals surface area contributed by atoms with E-state index >= 15 is 0 Å². The molecule has 0 N–H and O–H groups in total. The molecule has 7 heteroatoms. The Hall–Kier alpha value is -3.71. The van der Waals surface area contributed by atoms with E-state index in [0.29, 0.717) is 19.4 Å². The lowest BCUT2D eigenvalue weighted by Gasteiger charge is -2.46. The number of benzene rings is 2. The van der Waals surface area contributed by atoms with Crippen LogP contribution in [0, 0.1) is 0 Å². The van der Waals surface area contributed by atoms with Gasteiger partial charge in [-0.05, 0) is 79.6 Å². The summed E-state index contributed by atoms with van der Waals surface area (Å²) >= 11 is 0. The summed E-state index contributed by atoms with van der Waals surface area (Å²) in [5.74, 6) is 0. The van der Waals surface area contributed by atoms with E-state index in [1.165, 1.54) is 24.1 Å². The summed E-state index contributed by atoms with van der Waals surface area (Å²) in [5, 5.41) is 0. The third-order valence-corrected chi connectivity index (χ3v) is 8.38. The van der Waals surface area contributed by atoms with Crippen LogP contribution in [0.3, 0.4) is 0 Å². The molecule has 0 spiro atoms. The lowest BCUT2D eigenvalue weighted by molar-refractivity contribution is -0.119. The number of carbonyl (C=O) groups excluding carboxylic acids is 2. The zero-order chi connectivity index (χ0) is 27.2. The van der Waals surface area contributed by atoms with Gasteiger partial charge < -0.3 is 14.6 Å². The van der Waals surface area contributed by atoms with Crippen molar-refractivity contribution in [2.24, 2.45) is 0 Å². The molecule has 2 aromatic carbocycles. The van der Waals surface area contributed by atoms with E-state index in [-0.39, 0.29) is 6.03 Å². The molecule has 1 aromatic heterocycles. The molecule has 0 aliphatic carbocycles. The lowest BCUT2D eigenvalue weighted by Crippen LogP contribution is -2.60. The van der Waals surface area contributed by atoms with Crippen molar-refractivity contribution in [2.75, 3.05) is 49.6 Å². The second kappa shape index (κ2) is 12.0. The first-order chi connectivity index (χ1) is 19.0. The molecule has 2 aliphatic heterocycles. The molecule has 0 radical (unpaired) electrons. The fourth-order valence-electron chi connectivity index (χ4n) is 5.94. The van der Waals surface area contributed by atoms with E-state index in [1.54, 1.807) is 23.0 Å². The topological polar surface area (TPSA) is 60.0 Å². The van der Waals surface area contributed by atoms with Gasteiger partial charge in [0.2, 0.25) is 0 Å². The van der Waals surface area contributed by atoms with Gasteiger partial charge in [0.15, 0.2) is 0 Å². The van der Waals surface area contributed by atoms with Crippen molar-refractivity contribution in [3.05, 3.63) is 78.6 Å². The first kappa shape index (κ1) is 26.9. The van der Waals surface area contributed by atoms with Gasteiger partial charge in [-0.1, -0.05) is 30.3 Å². The second-order valence-electron chi connectivity index (χ2n) is 10.7. The number of aromatic nitrogens is 1. The van der Waals surface area contributed by atoms with Crippen molar-refractivity contribution in [3.8, 4) is 11.1 Å². The third-order valence-electron chi connectivity index (χ3n) is 8.38. The Labute approximate surface area is 232 Å². The van der Waals surface area contributed by atoms with E-state index in [2.05, 4.69) is 39.0 Å². The summed E-state index contributed by atoms with van der Waals surface area (Å²) in [6, 6.07) is 20.6. The number of hydrogen-bond acceptors (Lipinski definition) is 5. The van der Waals surface area contributed by atoms with E-state index < -0.39 is 5.54 Å². The number of nitrogens with zero attached hydrogens (tertiary/aromatic N) is 5. The molecule has 39 heavy (non-hydrogen) atoms. The number of anilines is 2.